The summed E-state index contributed by atoms with van der Waals surface area (Å²) in [4.78, 5) is 6.28. The van der Waals surface area contributed by atoms with Gasteiger partial charge in [-0.2, -0.15) is 4.98 Å². The molecule has 0 radical (unpaired) electrons. The molecule has 0 saturated carbocycles. The number of hydrogen-bond donors (Lipinski definition) is 2. The van der Waals surface area contributed by atoms with Crippen molar-refractivity contribution in [3.8, 4) is 0 Å². The van der Waals surface area contributed by atoms with Crippen LogP contribution in [0.2, 0.25) is 0 Å². The van der Waals surface area contributed by atoms with Crippen LogP contribution in [0.15, 0.2) is 4.52 Å². The van der Waals surface area contributed by atoms with Crippen molar-refractivity contribution in [2.45, 2.75) is 19.6 Å². The molecule has 0 spiro atoms. The normalized spacial score (nSPS) is 19.0. The Morgan fingerprint density at radius 2 is 2.22 bits per heavy atom. The SMILES string of the molecule is Cc1nc(CNCC(O)CN2CCOCC2)no1. The lowest BCUT2D eigenvalue weighted by molar-refractivity contribution is 0.0148. The summed E-state index contributed by atoms with van der Waals surface area (Å²) < 4.78 is 10.1. The molecule has 7 heteroatoms. The van der Waals surface area contributed by atoms with Crippen LogP contribution in [0.3, 0.4) is 0 Å². The maximum atomic E-state index is 9.88. The zero-order chi connectivity index (χ0) is 12.8. The molecule has 2 N–H and O–H groups in total. The van der Waals surface area contributed by atoms with E-state index in [9.17, 15) is 5.11 Å². The van der Waals surface area contributed by atoms with Crippen LogP contribution in [0, 0.1) is 6.92 Å². The van der Waals surface area contributed by atoms with E-state index in [1.807, 2.05) is 0 Å². The predicted molar refractivity (Wildman–Crippen MR) is 64.0 cm³/mol. The van der Waals surface area contributed by atoms with Crippen molar-refractivity contribution in [2.75, 3.05) is 39.4 Å². The van der Waals surface area contributed by atoms with Gasteiger partial charge in [0.1, 0.15) is 0 Å². The van der Waals surface area contributed by atoms with Gasteiger partial charge in [-0.3, -0.25) is 4.90 Å². The summed E-state index contributed by atoms with van der Waals surface area (Å²) in [6.45, 7) is 6.74. The second-order valence-corrected chi connectivity index (χ2v) is 4.43. The molecule has 7 nitrogen and oxygen atoms in total. The van der Waals surface area contributed by atoms with Gasteiger partial charge in [-0.05, 0) is 0 Å². The van der Waals surface area contributed by atoms with Gasteiger partial charge in [0.15, 0.2) is 5.82 Å². The molecule has 18 heavy (non-hydrogen) atoms. The first kappa shape index (κ1) is 13.4. The number of morpholine rings is 1. The molecule has 1 aromatic heterocycles. The summed E-state index contributed by atoms with van der Waals surface area (Å²) in [5.41, 5.74) is 0. The lowest BCUT2D eigenvalue weighted by Crippen LogP contribution is -2.43. The summed E-state index contributed by atoms with van der Waals surface area (Å²) in [5, 5.41) is 16.8. The molecule has 1 saturated heterocycles. The van der Waals surface area contributed by atoms with E-state index in [1.165, 1.54) is 0 Å². The number of ether oxygens (including phenoxy) is 1. The quantitative estimate of drug-likeness (QED) is 0.686. The summed E-state index contributed by atoms with van der Waals surface area (Å²) in [5.74, 6) is 1.17. The number of β-amino-alcohol motifs (C(OH)–C–C–N with tert-alkyl or cyclic N) is 1. The van der Waals surface area contributed by atoms with Crippen molar-refractivity contribution in [2.24, 2.45) is 0 Å². The van der Waals surface area contributed by atoms with Crippen molar-refractivity contribution in [3.05, 3.63) is 11.7 Å². The zero-order valence-corrected chi connectivity index (χ0v) is 10.6. The van der Waals surface area contributed by atoms with E-state index in [2.05, 4.69) is 20.4 Å². The van der Waals surface area contributed by atoms with Gasteiger partial charge < -0.3 is 19.7 Å². The van der Waals surface area contributed by atoms with Crippen LogP contribution in [0.1, 0.15) is 11.7 Å². The smallest absolute Gasteiger partial charge is 0.223 e. The molecule has 1 atom stereocenters. The van der Waals surface area contributed by atoms with Gasteiger partial charge in [0.25, 0.3) is 0 Å². The molecule has 1 aliphatic rings. The van der Waals surface area contributed by atoms with E-state index in [4.69, 9.17) is 9.26 Å². The van der Waals surface area contributed by atoms with Crippen molar-refractivity contribution >= 4 is 0 Å². The third kappa shape index (κ3) is 4.34. The molecule has 102 valence electrons. The van der Waals surface area contributed by atoms with E-state index in [0.29, 0.717) is 31.3 Å². The van der Waals surface area contributed by atoms with Gasteiger partial charge in [0.05, 0.1) is 25.9 Å². The van der Waals surface area contributed by atoms with Crippen LogP contribution in [0.4, 0.5) is 0 Å². The summed E-state index contributed by atoms with van der Waals surface area (Å²) in [6, 6.07) is 0. The lowest BCUT2D eigenvalue weighted by atomic mass is 10.3. The number of rotatable bonds is 6. The summed E-state index contributed by atoms with van der Waals surface area (Å²) in [6.07, 6.45) is -0.393. The average molecular weight is 256 g/mol. The minimum absolute atomic E-state index is 0.393. The van der Waals surface area contributed by atoms with E-state index < -0.39 is 6.10 Å². The van der Waals surface area contributed by atoms with Crippen LogP contribution in [-0.2, 0) is 11.3 Å². The Morgan fingerprint density at radius 3 is 2.89 bits per heavy atom. The number of nitrogens with one attached hydrogen (secondary N) is 1. The molecule has 1 fully saturated rings. The number of hydrogen-bond acceptors (Lipinski definition) is 7. The molecular formula is C11H20N4O3. The Kier molecular flexibility index (Phi) is 5.06. The maximum absolute atomic E-state index is 9.88. The maximum Gasteiger partial charge on any atom is 0.223 e. The highest BCUT2D eigenvalue weighted by Crippen LogP contribution is 1.99. The first-order chi connectivity index (χ1) is 8.74. The zero-order valence-electron chi connectivity index (χ0n) is 10.6. The Balaban J connectivity index is 1.60. The Bertz CT molecular complexity index is 352. The van der Waals surface area contributed by atoms with Crippen LogP contribution in [0.25, 0.3) is 0 Å². The number of aromatic nitrogens is 2. The van der Waals surface area contributed by atoms with Crippen LogP contribution in [-0.4, -0.2) is 65.6 Å². The minimum Gasteiger partial charge on any atom is -0.390 e. The standard InChI is InChI=1S/C11H20N4O3/c1-9-13-11(14-18-9)7-12-6-10(16)8-15-2-4-17-5-3-15/h10,12,16H,2-8H2,1H3. The number of aryl methyl sites for hydroxylation is 1. The molecule has 0 amide bonds. The van der Waals surface area contributed by atoms with Crippen LogP contribution in [0.5, 0.6) is 0 Å². The molecule has 1 unspecified atom stereocenters. The Hall–Kier alpha value is -1.02. The molecule has 1 aromatic rings. The van der Waals surface area contributed by atoms with Gasteiger partial charge in [0.2, 0.25) is 5.89 Å². The fraction of sp³-hybridized carbons (Fsp3) is 0.818. The van der Waals surface area contributed by atoms with Gasteiger partial charge >= 0.3 is 0 Å². The third-order valence-electron chi connectivity index (χ3n) is 2.81. The monoisotopic (exact) mass is 256 g/mol. The highest BCUT2D eigenvalue weighted by atomic mass is 16.5. The van der Waals surface area contributed by atoms with E-state index >= 15 is 0 Å². The summed E-state index contributed by atoms with van der Waals surface area (Å²) >= 11 is 0. The van der Waals surface area contributed by atoms with Crippen molar-refractivity contribution in [1.29, 1.82) is 0 Å². The van der Waals surface area contributed by atoms with E-state index in [-0.39, 0.29) is 0 Å². The molecule has 0 aliphatic carbocycles. The van der Waals surface area contributed by atoms with Crippen molar-refractivity contribution in [1.82, 2.24) is 20.4 Å². The van der Waals surface area contributed by atoms with E-state index in [0.717, 1.165) is 26.3 Å². The first-order valence-electron chi connectivity index (χ1n) is 6.22. The highest BCUT2D eigenvalue weighted by Gasteiger charge is 2.14. The summed E-state index contributed by atoms with van der Waals surface area (Å²) in [7, 11) is 0. The third-order valence-corrected chi connectivity index (χ3v) is 2.81. The van der Waals surface area contributed by atoms with Crippen molar-refractivity contribution in [3.63, 3.8) is 0 Å². The lowest BCUT2D eigenvalue weighted by Gasteiger charge is -2.28. The molecular weight excluding hydrogens is 236 g/mol. The fourth-order valence-electron chi connectivity index (χ4n) is 1.91. The first-order valence-corrected chi connectivity index (χ1v) is 6.22. The molecule has 0 aromatic carbocycles. The van der Waals surface area contributed by atoms with Gasteiger partial charge in [-0.25, -0.2) is 0 Å². The minimum atomic E-state index is -0.393. The average Bonchev–Trinajstić information content (AvgIpc) is 2.76. The van der Waals surface area contributed by atoms with Crippen LogP contribution < -0.4 is 5.32 Å². The molecule has 0 bridgehead atoms. The molecule has 1 aliphatic heterocycles. The second-order valence-electron chi connectivity index (χ2n) is 4.43. The highest BCUT2D eigenvalue weighted by molar-refractivity contribution is 4.83. The Labute approximate surface area is 106 Å². The van der Waals surface area contributed by atoms with Gasteiger partial charge in [0, 0.05) is 33.1 Å². The topological polar surface area (TPSA) is 83.7 Å². The second kappa shape index (κ2) is 6.79. The van der Waals surface area contributed by atoms with Crippen molar-refractivity contribution < 1.29 is 14.4 Å². The number of nitrogens with zero attached hydrogens (tertiary/aromatic N) is 3. The van der Waals surface area contributed by atoms with Crippen LogP contribution >= 0.6 is 0 Å². The number of aliphatic hydroxyl groups is 1. The largest absolute Gasteiger partial charge is 0.390 e. The van der Waals surface area contributed by atoms with Gasteiger partial charge in [-0.15, -0.1) is 0 Å². The Morgan fingerprint density at radius 1 is 1.44 bits per heavy atom. The number of aliphatic hydroxyl groups excluding tert-OH is 1. The predicted octanol–water partition coefficient (Wildman–Crippen LogP) is -0.839. The fourth-order valence-corrected chi connectivity index (χ4v) is 1.91. The molecule has 2 rings (SSSR count). The van der Waals surface area contributed by atoms with E-state index in [1.54, 1.807) is 6.92 Å². The van der Waals surface area contributed by atoms with Gasteiger partial charge in [-0.1, -0.05) is 5.16 Å². The molecule has 2 heterocycles.